The molecule has 3 nitrogen and oxygen atoms in total. The van der Waals surface area contributed by atoms with E-state index in [0.717, 1.165) is 32.1 Å². The van der Waals surface area contributed by atoms with E-state index in [-0.39, 0.29) is 16.2 Å². The van der Waals surface area contributed by atoms with Crippen molar-refractivity contribution >= 4 is 5.78 Å². The summed E-state index contributed by atoms with van der Waals surface area (Å²) in [6.45, 7) is 4.52. The largest absolute Gasteiger partial charge is 0.508 e. The molecule has 6 atom stereocenters. The third-order valence-electron chi connectivity index (χ3n) is 8.98. The van der Waals surface area contributed by atoms with Crippen LogP contribution in [-0.2, 0) is 16.6 Å². The Bertz CT molecular complexity index is 771. The summed E-state index contributed by atoms with van der Waals surface area (Å²) in [7, 11) is 0. The van der Waals surface area contributed by atoms with Crippen LogP contribution in [-0.4, -0.2) is 22.1 Å². The smallest absolute Gasteiger partial charge is 0.139 e. The number of phenolic OH excluding ortho intramolecular Hbond substituents is 1. The number of aliphatic hydroxyl groups excluding tert-OH is 1. The minimum Gasteiger partial charge on any atom is -0.508 e. The molecule has 5 rings (SSSR count). The molecule has 4 aliphatic carbocycles. The summed E-state index contributed by atoms with van der Waals surface area (Å²) >= 11 is 0. The van der Waals surface area contributed by atoms with E-state index in [2.05, 4.69) is 13.8 Å². The predicted octanol–water partition coefficient (Wildman–Crippen LogP) is 3.74. The van der Waals surface area contributed by atoms with Gasteiger partial charge in [-0.05, 0) is 79.0 Å². The van der Waals surface area contributed by atoms with Gasteiger partial charge in [-0.25, -0.2) is 0 Å². The van der Waals surface area contributed by atoms with Crippen LogP contribution in [0.3, 0.4) is 0 Å². The highest BCUT2D eigenvalue weighted by Gasteiger charge is 2.71. The summed E-state index contributed by atoms with van der Waals surface area (Å²) in [6.07, 6.45) is 6.05. The first-order chi connectivity index (χ1) is 11.8. The normalized spacial score (nSPS) is 47.8. The molecular formula is C22H28O3. The second kappa shape index (κ2) is 4.68. The van der Waals surface area contributed by atoms with Gasteiger partial charge in [0, 0.05) is 17.3 Å². The summed E-state index contributed by atoms with van der Waals surface area (Å²) < 4.78 is 0. The zero-order valence-electron chi connectivity index (χ0n) is 15.2. The Morgan fingerprint density at radius 1 is 1.08 bits per heavy atom. The highest BCUT2D eigenvalue weighted by Crippen LogP contribution is 2.73. The number of carbonyl (C=O) groups excluding carboxylic acids is 1. The quantitative estimate of drug-likeness (QED) is 0.756. The van der Waals surface area contributed by atoms with Gasteiger partial charge in [0.1, 0.15) is 11.5 Å². The molecule has 2 N–H and O–H groups in total. The Morgan fingerprint density at radius 3 is 2.68 bits per heavy atom. The highest BCUT2D eigenvalue weighted by molar-refractivity contribution is 5.89. The molecule has 25 heavy (non-hydrogen) atoms. The van der Waals surface area contributed by atoms with Crippen molar-refractivity contribution in [1.82, 2.24) is 0 Å². The van der Waals surface area contributed by atoms with Crippen LogP contribution in [0.4, 0.5) is 0 Å². The lowest BCUT2D eigenvalue weighted by Crippen LogP contribution is -2.61. The van der Waals surface area contributed by atoms with Gasteiger partial charge in [0.25, 0.3) is 0 Å². The van der Waals surface area contributed by atoms with Gasteiger partial charge in [-0.1, -0.05) is 19.9 Å². The van der Waals surface area contributed by atoms with E-state index in [0.29, 0.717) is 36.2 Å². The van der Waals surface area contributed by atoms with Crippen LogP contribution >= 0.6 is 0 Å². The number of carbonyl (C=O) groups is 1. The van der Waals surface area contributed by atoms with Crippen molar-refractivity contribution in [3.05, 3.63) is 29.3 Å². The van der Waals surface area contributed by atoms with Crippen LogP contribution in [0.2, 0.25) is 0 Å². The fourth-order valence-electron chi connectivity index (χ4n) is 7.64. The number of phenols is 1. The highest BCUT2D eigenvalue weighted by atomic mass is 16.3. The van der Waals surface area contributed by atoms with Gasteiger partial charge < -0.3 is 10.2 Å². The summed E-state index contributed by atoms with van der Waals surface area (Å²) in [5.41, 5.74) is 1.87. The first-order valence-corrected chi connectivity index (χ1v) is 9.87. The van der Waals surface area contributed by atoms with Crippen LogP contribution < -0.4 is 0 Å². The number of hydrogen-bond acceptors (Lipinski definition) is 3. The molecule has 1 aromatic carbocycles. The first-order valence-electron chi connectivity index (χ1n) is 9.87. The lowest BCUT2D eigenvalue weighted by Gasteiger charge is -2.59. The number of aryl methyl sites for hydroxylation is 1. The Morgan fingerprint density at radius 2 is 1.88 bits per heavy atom. The number of ketones is 1. The average molecular weight is 340 g/mol. The summed E-state index contributed by atoms with van der Waals surface area (Å²) in [5.74, 6) is 1.50. The van der Waals surface area contributed by atoms with Crippen molar-refractivity contribution < 1.29 is 15.0 Å². The van der Waals surface area contributed by atoms with Crippen molar-refractivity contribution in [3.8, 4) is 5.75 Å². The fraction of sp³-hybridized carbons (Fsp3) is 0.682. The van der Waals surface area contributed by atoms with Crippen molar-refractivity contribution in [2.45, 2.75) is 70.3 Å². The molecule has 4 aliphatic rings. The topological polar surface area (TPSA) is 57.5 Å². The second-order valence-electron chi connectivity index (χ2n) is 9.59. The van der Waals surface area contributed by atoms with E-state index >= 15 is 0 Å². The van der Waals surface area contributed by atoms with Crippen molar-refractivity contribution in [3.63, 3.8) is 0 Å². The molecular weight excluding hydrogens is 312 g/mol. The zero-order valence-corrected chi connectivity index (χ0v) is 15.2. The van der Waals surface area contributed by atoms with Gasteiger partial charge in [-0.2, -0.15) is 0 Å². The molecule has 2 unspecified atom stereocenters. The van der Waals surface area contributed by atoms with Crippen LogP contribution in [0, 0.1) is 22.7 Å². The maximum Gasteiger partial charge on any atom is 0.139 e. The minimum atomic E-state index is -0.489. The maximum atomic E-state index is 13.1. The molecule has 0 amide bonds. The predicted molar refractivity (Wildman–Crippen MR) is 95.4 cm³/mol. The average Bonchev–Trinajstić information content (AvgIpc) is 2.99. The van der Waals surface area contributed by atoms with Crippen molar-refractivity contribution in [2.24, 2.45) is 22.7 Å². The fourth-order valence-corrected chi connectivity index (χ4v) is 7.64. The number of benzene rings is 1. The Labute approximate surface area is 149 Å². The van der Waals surface area contributed by atoms with Gasteiger partial charge >= 0.3 is 0 Å². The molecule has 0 saturated heterocycles. The van der Waals surface area contributed by atoms with Crippen LogP contribution in [0.25, 0.3) is 0 Å². The van der Waals surface area contributed by atoms with E-state index in [1.165, 1.54) is 11.1 Å². The third kappa shape index (κ3) is 1.64. The van der Waals surface area contributed by atoms with Gasteiger partial charge in [0.05, 0.1) is 6.10 Å². The van der Waals surface area contributed by atoms with Crippen LogP contribution in [0.5, 0.6) is 5.75 Å². The number of rotatable bonds is 0. The standard InChI is InChI=1S/C22H28O3/c1-20-9-7-17-16-5-3-13-11-14(23)4-6-15(13)21(16,2)19(25)12-22(17,20)18(24)8-10-20/h4,6,11,16-17,19,23,25H,3,5,7-10,12H2,1-2H3/t16?,17?,19-,20+,21-,22-/m1/s1. The molecule has 3 saturated carbocycles. The lowest BCUT2D eigenvalue weighted by molar-refractivity contribution is -0.152. The van der Waals surface area contributed by atoms with Gasteiger partial charge in [0.2, 0.25) is 0 Å². The maximum absolute atomic E-state index is 13.1. The molecule has 0 aromatic heterocycles. The van der Waals surface area contributed by atoms with Gasteiger partial charge in [-0.15, -0.1) is 0 Å². The molecule has 1 aromatic rings. The Kier molecular flexibility index (Phi) is 2.97. The van der Waals surface area contributed by atoms with E-state index in [1.54, 1.807) is 6.07 Å². The first kappa shape index (κ1) is 15.9. The molecule has 0 aliphatic heterocycles. The molecule has 0 heterocycles. The van der Waals surface area contributed by atoms with Crippen LogP contribution in [0.1, 0.15) is 63.5 Å². The van der Waals surface area contributed by atoms with Crippen LogP contribution in [0.15, 0.2) is 18.2 Å². The summed E-state index contributed by atoms with van der Waals surface area (Å²) in [4.78, 5) is 13.1. The lowest BCUT2D eigenvalue weighted by atomic mass is 9.45. The summed E-state index contributed by atoms with van der Waals surface area (Å²) in [5, 5.41) is 21.3. The van der Waals surface area contributed by atoms with E-state index < -0.39 is 6.10 Å². The molecule has 0 radical (unpaired) electrons. The molecule has 1 spiro atoms. The Balaban J connectivity index is 1.67. The minimum absolute atomic E-state index is 0.0896. The SMILES string of the molecule is C[C@]12CCC(=O)[C@]13C[C@@H](O)[C@]1(C)c4ccc(O)cc4CCC1C3CC2. The monoisotopic (exact) mass is 340 g/mol. The molecule has 0 bridgehead atoms. The molecule has 134 valence electrons. The van der Waals surface area contributed by atoms with E-state index in [4.69, 9.17) is 0 Å². The van der Waals surface area contributed by atoms with Gasteiger partial charge in [-0.3, -0.25) is 4.79 Å². The summed E-state index contributed by atoms with van der Waals surface area (Å²) in [6, 6.07) is 5.64. The van der Waals surface area contributed by atoms with Crippen molar-refractivity contribution in [1.29, 1.82) is 0 Å². The van der Waals surface area contributed by atoms with E-state index in [9.17, 15) is 15.0 Å². The number of aliphatic hydroxyl groups is 1. The van der Waals surface area contributed by atoms with Gasteiger partial charge in [0.15, 0.2) is 0 Å². The molecule has 3 fully saturated rings. The molecule has 3 heteroatoms. The number of fused-ring (bicyclic) bond motifs is 4. The Hall–Kier alpha value is -1.35. The number of Topliss-reactive ketones (excluding diaryl/α,β-unsaturated/α-hetero) is 1. The second-order valence-corrected chi connectivity index (χ2v) is 9.59. The number of hydrogen-bond donors (Lipinski definition) is 2. The number of aromatic hydroxyl groups is 1. The van der Waals surface area contributed by atoms with Crippen molar-refractivity contribution in [2.75, 3.05) is 0 Å². The third-order valence-corrected chi connectivity index (χ3v) is 8.98. The zero-order chi connectivity index (χ0) is 17.6. The van der Waals surface area contributed by atoms with E-state index in [1.807, 2.05) is 12.1 Å².